The first-order valence-electron chi connectivity index (χ1n) is 8.29. The Hall–Kier alpha value is -2.87. The van der Waals surface area contributed by atoms with Gasteiger partial charge in [-0.25, -0.2) is 9.18 Å². The van der Waals surface area contributed by atoms with Gasteiger partial charge in [-0.15, -0.1) is 10.2 Å². The summed E-state index contributed by atoms with van der Waals surface area (Å²) >= 11 is 0.912. The average molecular weight is 387 g/mol. The maximum atomic E-state index is 13.2. The van der Waals surface area contributed by atoms with Gasteiger partial charge in [0.25, 0.3) is 5.22 Å². The van der Waals surface area contributed by atoms with Gasteiger partial charge in [0.1, 0.15) is 10.7 Å². The molecular weight excluding hydrogens is 369 g/mol. The highest BCUT2D eigenvalue weighted by Gasteiger charge is 2.17. The summed E-state index contributed by atoms with van der Waals surface area (Å²) in [6, 6.07) is 8.03. The van der Waals surface area contributed by atoms with Gasteiger partial charge in [-0.05, 0) is 67.6 Å². The van der Waals surface area contributed by atoms with E-state index >= 15 is 0 Å². The minimum atomic E-state index is -1.08. The molecule has 6 nitrogen and oxygen atoms in total. The Morgan fingerprint density at radius 1 is 1.30 bits per heavy atom. The van der Waals surface area contributed by atoms with Crippen LogP contribution in [-0.2, 0) is 11.2 Å². The number of aliphatic carboxylic acids is 1. The first-order valence-corrected chi connectivity index (χ1v) is 9.10. The zero-order chi connectivity index (χ0) is 19.6. The Kier molecular flexibility index (Phi) is 5.46. The quantitative estimate of drug-likeness (QED) is 0.499. The molecule has 0 bridgehead atoms. The van der Waals surface area contributed by atoms with Gasteiger partial charge in [0.2, 0.25) is 5.89 Å². The molecule has 0 spiro atoms. The third-order valence-electron chi connectivity index (χ3n) is 4.00. The van der Waals surface area contributed by atoms with E-state index in [0.29, 0.717) is 12.3 Å². The summed E-state index contributed by atoms with van der Waals surface area (Å²) in [5.41, 5.74) is 3.31. The Bertz CT molecular complexity index is 1010. The fourth-order valence-electron chi connectivity index (χ4n) is 2.71. The summed E-state index contributed by atoms with van der Waals surface area (Å²) in [6.07, 6.45) is 2.16. The Labute approximate surface area is 159 Å². The molecule has 0 saturated heterocycles. The van der Waals surface area contributed by atoms with E-state index in [-0.39, 0.29) is 15.9 Å². The highest BCUT2D eigenvalue weighted by Crippen LogP contribution is 2.30. The summed E-state index contributed by atoms with van der Waals surface area (Å²) < 4.78 is 20.5. The second-order valence-electron chi connectivity index (χ2n) is 5.87. The number of thioether (sulfide) groups is 1. The van der Waals surface area contributed by atoms with Crippen LogP contribution in [-0.4, -0.2) is 25.8 Å². The largest absolute Gasteiger partial charge is 0.477 e. The zero-order valence-electron chi connectivity index (χ0n) is 15.1. The summed E-state index contributed by atoms with van der Waals surface area (Å²) in [6.45, 7) is 5.67. The fourth-order valence-corrected chi connectivity index (χ4v) is 3.39. The molecule has 0 saturated carbocycles. The lowest BCUT2D eigenvalue weighted by Crippen LogP contribution is -2.00. The van der Waals surface area contributed by atoms with E-state index in [2.05, 4.69) is 10.2 Å². The normalized spacial score (nSPS) is 11.8. The lowest BCUT2D eigenvalue weighted by atomic mass is 10.2. The number of hydrogen-bond acceptors (Lipinski definition) is 5. The maximum absolute atomic E-state index is 13.2. The molecule has 1 aromatic carbocycles. The SMILES string of the molecule is CCc1nnc(S/C(=C\c2cc(C)n(-c3ccc(F)cc3)c2C)C(=O)O)o1. The molecule has 2 heterocycles. The van der Waals surface area contributed by atoms with E-state index in [4.69, 9.17) is 4.42 Å². The van der Waals surface area contributed by atoms with Gasteiger partial charge in [-0.3, -0.25) is 0 Å². The Morgan fingerprint density at radius 2 is 2.00 bits per heavy atom. The summed E-state index contributed by atoms with van der Waals surface area (Å²) in [7, 11) is 0. The molecule has 0 atom stereocenters. The fraction of sp³-hybridized carbons (Fsp3) is 0.211. The standard InChI is InChI=1S/C19H18FN3O3S/c1-4-17-21-22-19(26-17)27-16(18(24)25)10-13-9-11(2)23(12(13)3)15-7-5-14(20)6-8-15/h5-10H,4H2,1-3H3,(H,24,25)/b16-10-. The van der Waals surface area contributed by atoms with Crippen molar-refractivity contribution < 1.29 is 18.7 Å². The van der Waals surface area contributed by atoms with Crippen molar-refractivity contribution in [1.82, 2.24) is 14.8 Å². The number of carboxylic acids is 1. The van der Waals surface area contributed by atoms with Crippen molar-refractivity contribution in [3.63, 3.8) is 0 Å². The van der Waals surface area contributed by atoms with Gasteiger partial charge in [0.15, 0.2) is 0 Å². The van der Waals surface area contributed by atoms with Gasteiger partial charge >= 0.3 is 5.97 Å². The molecule has 27 heavy (non-hydrogen) atoms. The van der Waals surface area contributed by atoms with Crippen LogP contribution in [0.15, 0.2) is 44.9 Å². The molecule has 0 unspecified atom stereocenters. The lowest BCUT2D eigenvalue weighted by molar-refractivity contribution is -0.131. The smallest absolute Gasteiger partial charge is 0.342 e. The third-order valence-corrected chi connectivity index (χ3v) is 4.85. The van der Waals surface area contributed by atoms with Gasteiger partial charge in [-0.1, -0.05) is 6.92 Å². The minimum Gasteiger partial charge on any atom is -0.477 e. The van der Waals surface area contributed by atoms with Crippen molar-refractivity contribution in [2.45, 2.75) is 32.4 Å². The first kappa shape index (κ1) is 18.9. The number of carboxylic acid groups (broad SMARTS) is 1. The first-order chi connectivity index (χ1) is 12.9. The molecule has 0 aliphatic rings. The summed E-state index contributed by atoms with van der Waals surface area (Å²) in [5.74, 6) is -0.934. The van der Waals surface area contributed by atoms with E-state index < -0.39 is 5.97 Å². The number of rotatable bonds is 6. The third kappa shape index (κ3) is 4.11. The molecule has 0 fully saturated rings. The van der Waals surface area contributed by atoms with E-state index in [1.807, 2.05) is 31.4 Å². The van der Waals surface area contributed by atoms with Crippen LogP contribution < -0.4 is 0 Å². The predicted molar refractivity (Wildman–Crippen MR) is 100 cm³/mol. The van der Waals surface area contributed by atoms with Gasteiger partial charge in [0, 0.05) is 23.5 Å². The number of halogens is 1. The second kappa shape index (κ2) is 7.79. The van der Waals surface area contributed by atoms with Crippen LogP contribution in [0.5, 0.6) is 0 Å². The number of hydrogen-bond donors (Lipinski definition) is 1. The van der Waals surface area contributed by atoms with Crippen molar-refractivity contribution in [3.05, 3.63) is 63.9 Å². The van der Waals surface area contributed by atoms with Gasteiger partial charge in [-0.2, -0.15) is 0 Å². The summed E-state index contributed by atoms with van der Waals surface area (Å²) in [5, 5.41) is 17.4. The summed E-state index contributed by atoms with van der Waals surface area (Å²) in [4.78, 5) is 11.7. The van der Waals surface area contributed by atoms with Crippen molar-refractivity contribution in [3.8, 4) is 5.69 Å². The Balaban J connectivity index is 1.97. The second-order valence-corrected chi connectivity index (χ2v) is 6.86. The molecule has 0 aliphatic carbocycles. The van der Waals surface area contributed by atoms with E-state index in [0.717, 1.165) is 34.4 Å². The molecular formula is C19H18FN3O3S. The van der Waals surface area contributed by atoms with Crippen molar-refractivity contribution in [1.29, 1.82) is 0 Å². The van der Waals surface area contributed by atoms with Gasteiger partial charge < -0.3 is 14.1 Å². The molecule has 1 N–H and O–H groups in total. The minimum absolute atomic E-state index is 0.0701. The van der Waals surface area contributed by atoms with Crippen molar-refractivity contribution >= 4 is 23.8 Å². The molecule has 2 aromatic heterocycles. The van der Waals surface area contributed by atoms with Crippen molar-refractivity contribution in [2.75, 3.05) is 0 Å². The lowest BCUT2D eigenvalue weighted by Gasteiger charge is -2.09. The average Bonchev–Trinajstić information content (AvgIpc) is 3.20. The van der Waals surface area contributed by atoms with Gasteiger partial charge in [0.05, 0.1) is 0 Å². The number of benzene rings is 1. The number of aryl methyl sites for hydroxylation is 2. The van der Waals surface area contributed by atoms with Crippen LogP contribution in [0.25, 0.3) is 11.8 Å². The predicted octanol–water partition coefficient (Wildman–Crippen LogP) is 4.40. The van der Waals surface area contributed by atoms with Crippen LogP contribution in [0.3, 0.4) is 0 Å². The van der Waals surface area contributed by atoms with Crippen LogP contribution in [0.2, 0.25) is 0 Å². The van der Waals surface area contributed by atoms with E-state index in [1.165, 1.54) is 12.1 Å². The molecule has 0 amide bonds. The topological polar surface area (TPSA) is 81.2 Å². The van der Waals surface area contributed by atoms with Crippen LogP contribution >= 0.6 is 11.8 Å². The number of carbonyl (C=O) groups is 1. The monoisotopic (exact) mass is 387 g/mol. The highest BCUT2D eigenvalue weighted by molar-refractivity contribution is 8.03. The number of aromatic nitrogens is 3. The van der Waals surface area contributed by atoms with Crippen molar-refractivity contribution in [2.24, 2.45) is 0 Å². The van der Waals surface area contributed by atoms with Crippen LogP contribution in [0, 0.1) is 19.7 Å². The molecule has 0 aliphatic heterocycles. The molecule has 0 radical (unpaired) electrons. The maximum Gasteiger partial charge on any atom is 0.342 e. The molecule has 3 rings (SSSR count). The van der Waals surface area contributed by atoms with Crippen LogP contribution in [0.4, 0.5) is 4.39 Å². The molecule has 140 valence electrons. The molecule has 8 heteroatoms. The zero-order valence-corrected chi connectivity index (χ0v) is 15.9. The number of nitrogens with zero attached hydrogens (tertiary/aromatic N) is 3. The molecule has 3 aromatic rings. The Morgan fingerprint density at radius 3 is 2.59 bits per heavy atom. The van der Waals surface area contributed by atoms with Crippen LogP contribution in [0.1, 0.15) is 29.8 Å². The highest BCUT2D eigenvalue weighted by atomic mass is 32.2. The van der Waals surface area contributed by atoms with E-state index in [1.54, 1.807) is 18.2 Å². The van der Waals surface area contributed by atoms with E-state index in [9.17, 15) is 14.3 Å².